The van der Waals surface area contributed by atoms with Gasteiger partial charge in [-0.25, -0.2) is 4.39 Å². The third kappa shape index (κ3) is 5.97. The van der Waals surface area contributed by atoms with Gasteiger partial charge in [-0.3, -0.25) is 4.79 Å². The van der Waals surface area contributed by atoms with Crippen molar-refractivity contribution < 1.29 is 13.9 Å². The first kappa shape index (κ1) is 21.6. The molecule has 166 valence electrons. The van der Waals surface area contributed by atoms with Crippen molar-refractivity contribution >= 4 is 11.6 Å². The van der Waals surface area contributed by atoms with Gasteiger partial charge in [0.05, 0.1) is 18.2 Å². The van der Waals surface area contributed by atoms with Gasteiger partial charge in [-0.15, -0.1) is 0 Å². The molecule has 1 saturated heterocycles. The Morgan fingerprint density at radius 2 is 1.77 bits per heavy atom. The van der Waals surface area contributed by atoms with Crippen LogP contribution in [0.4, 0.5) is 10.1 Å². The Morgan fingerprint density at radius 3 is 2.55 bits per heavy atom. The molecule has 5 nitrogen and oxygen atoms in total. The summed E-state index contributed by atoms with van der Waals surface area (Å²) >= 11 is 0. The number of nitrogens with one attached hydrogen (secondary N) is 1. The molecule has 2 aromatic carbocycles. The molecule has 1 fully saturated rings. The number of para-hydroxylation sites is 2. The van der Waals surface area contributed by atoms with Crippen LogP contribution in [0.15, 0.2) is 48.5 Å². The number of likely N-dealkylation sites (tertiary alicyclic amines) is 1. The highest BCUT2D eigenvalue weighted by molar-refractivity contribution is 5.77. The highest BCUT2D eigenvalue weighted by Gasteiger charge is 2.29. The second-order valence-electron chi connectivity index (χ2n) is 8.50. The summed E-state index contributed by atoms with van der Waals surface area (Å²) in [7, 11) is 0. The van der Waals surface area contributed by atoms with E-state index in [1.54, 1.807) is 12.1 Å². The molecule has 0 aliphatic carbocycles. The first-order valence-corrected chi connectivity index (χ1v) is 11.4. The number of nitrogens with zero attached hydrogens (tertiary/aromatic N) is 2. The van der Waals surface area contributed by atoms with Crippen LogP contribution < -0.4 is 15.0 Å². The van der Waals surface area contributed by atoms with Crippen LogP contribution in [0.2, 0.25) is 0 Å². The molecule has 1 amide bonds. The summed E-state index contributed by atoms with van der Waals surface area (Å²) in [5.41, 5.74) is 1.98. The van der Waals surface area contributed by atoms with E-state index in [4.69, 9.17) is 4.74 Å². The van der Waals surface area contributed by atoms with Crippen molar-refractivity contribution in [2.75, 3.05) is 37.7 Å². The normalized spacial score (nSPS) is 19.3. The van der Waals surface area contributed by atoms with E-state index >= 15 is 0 Å². The lowest BCUT2D eigenvalue weighted by Crippen LogP contribution is -2.46. The average molecular weight is 426 g/mol. The zero-order chi connectivity index (χ0) is 21.5. The molecule has 0 unspecified atom stereocenters. The lowest BCUT2D eigenvalue weighted by molar-refractivity contribution is -0.121. The van der Waals surface area contributed by atoms with Crippen molar-refractivity contribution in [3.8, 4) is 5.75 Å². The van der Waals surface area contributed by atoms with Gasteiger partial charge in [0.25, 0.3) is 0 Å². The minimum Gasteiger partial charge on any atom is -0.489 e. The predicted molar refractivity (Wildman–Crippen MR) is 121 cm³/mol. The van der Waals surface area contributed by atoms with E-state index in [2.05, 4.69) is 15.1 Å². The summed E-state index contributed by atoms with van der Waals surface area (Å²) in [6.45, 7) is 4.92. The molecular weight excluding hydrogens is 393 g/mol. The van der Waals surface area contributed by atoms with Crippen LogP contribution in [0.5, 0.6) is 5.75 Å². The molecule has 2 aromatic rings. The number of anilines is 1. The Kier molecular flexibility index (Phi) is 7.41. The second-order valence-corrected chi connectivity index (χ2v) is 8.50. The zero-order valence-electron chi connectivity index (χ0n) is 18.1. The van der Waals surface area contributed by atoms with Crippen LogP contribution in [-0.4, -0.2) is 49.6 Å². The number of hydrogen-bond acceptors (Lipinski definition) is 4. The lowest BCUT2D eigenvalue weighted by Gasteiger charge is -2.38. The quantitative estimate of drug-likeness (QED) is 0.729. The van der Waals surface area contributed by atoms with Crippen molar-refractivity contribution in [1.29, 1.82) is 0 Å². The maximum atomic E-state index is 13.3. The van der Waals surface area contributed by atoms with Gasteiger partial charge in [-0.05, 0) is 55.8 Å². The van der Waals surface area contributed by atoms with Gasteiger partial charge in [-0.2, -0.15) is 0 Å². The van der Waals surface area contributed by atoms with Crippen LogP contribution in [0.25, 0.3) is 0 Å². The molecule has 0 spiro atoms. The summed E-state index contributed by atoms with van der Waals surface area (Å²) in [5, 5.41) is 3.10. The van der Waals surface area contributed by atoms with E-state index in [1.807, 2.05) is 24.3 Å². The Hall–Kier alpha value is -2.60. The standard InChI is InChI=1S/C25H32FN3O2/c26-21-11-9-20(10-12-21)18-29-22(19-31-24-8-4-3-7-23(24)29)17-25(30)27-13-16-28-14-5-1-2-6-15-28/h3-4,7-12,22H,1-2,5-6,13-19H2,(H,27,30)/t22-/m0/s1. The molecule has 6 heteroatoms. The Balaban J connectivity index is 1.37. The Morgan fingerprint density at radius 1 is 1.03 bits per heavy atom. The highest BCUT2D eigenvalue weighted by Crippen LogP contribution is 2.35. The number of carbonyl (C=O) groups excluding carboxylic acids is 1. The fourth-order valence-corrected chi connectivity index (χ4v) is 4.46. The molecule has 0 radical (unpaired) electrons. The minimum absolute atomic E-state index is 0.0481. The molecule has 2 heterocycles. The SMILES string of the molecule is O=C(C[C@H]1COc2ccccc2N1Cc1ccc(F)cc1)NCCN1CCCCCC1. The number of fused-ring (bicyclic) bond motifs is 1. The Bertz CT molecular complexity index is 850. The molecule has 31 heavy (non-hydrogen) atoms. The van der Waals surface area contributed by atoms with Crippen molar-refractivity contribution in [1.82, 2.24) is 10.2 Å². The molecule has 2 aliphatic heterocycles. The lowest BCUT2D eigenvalue weighted by atomic mass is 10.1. The maximum absolute atomic E-state index is 13.3. The van der Waals surface area contributed by atoms with Gasteiger partial charge in [0.1, 0.15) is 18.2 Å². The molecule has 1 atom stereocenters. The van der Waals surface area contributed by atoms with Gasteiger partial charge in [-0.1, -0.05) is 37.1 Å². The molecule has 0 bridgehead atoms. The van der Waals surface area contributed by atoms with Crippen molar-refractivity contribution in [3.05, 3.63) is 59.9 Å². The van der Waals surface area contributed by atoms with Crippen LogP contribution in [0, 0.1) is 5.82 Å². The zero-order valence-corrected chi connectivity index (χ0v) is 18.1. The molecule has 2 aliphatic rings. The molecular formula is C25H32FN3O2. The van der Waals surface area contributed by atoms with Gasteiger partial charge < -0.3 is 19.9 Å². The van der Waals surface area contributed by atoms with Crippen LogP contribution in [0.3, 0.4) is 0 Å². The van der Waals surface area contributed by atoms with E-state index < -0.39 is 0 Å². The van der Waals surface area contributed by atoms with Gasteiger partial charge in [0.15, 0.2) is 0 Å². The molecule has 1 N–H and O–H groups in total. The topological polar surface area (TPSA) is 44.8 Å². The first-order chi connectivity index (χ1) is 15.2. The number of carbonyl (C=O) groups is 1. The summed E-state index contributed by atoms with van der Waals surface area (Å²) in [6, 6.07) is 14.4. The van der Waals surface area contributed by atoms with E-state index in [0.717, 1.165) is 36.6 Å². The van der Waals surface area contributed by atoms with Gasteiger partial charge in [0, 0.05) is 19.6 Å². The van der Waals surface area contributed by atoms with E-state index in [0.29, 0.717) is 26.1 Å². The van der Waals surface area contributed by atoms with Crippen molar-refractivity contribution in [2.24, 2.45) is 0 Å². The van der Waals surface area contributed by atoms with E-state index in [9.17, 15) is 9.18 Å². The highest BCUT2D eigenvalue weighted by atomic mass is 19.1. The van der Waals surface area contributed by atoms with Crippen LogP contribution in [-0.2, 0) is 11.3 Å². The number of hydrogen-bond donors (Lipinski definition) is 1. The van der Waals surface area contributed by atoms with Crippen LogP contribution >= 0.6 is 0 Å². The second kappa shape index (κ2) is 10.6. The molecule has 0 aromatic heterocycles. The van der Waals surface area contributed by atoms with E-state index in [1.165, 1.54) is 37.8 Å². The third-order valence-electron chi connectivity index (χ3n) is 6.18. The number of amides is 1. The summed E-state index contributed by atoms with van der Waals surface area (Å²) in [5.74, 6) is 0.626. The fourth-order valence-electron chi connectivity index (χ4n) is 4.46. The Labute approximate surface area is 184 Å². The third-order valence-corrected chi connectivity index (χ3v) is 6.18. The number of benzene rings is 2. The predicted octanol–water partition coefficient (Wildman–Crippen LogP) is 3.98. The smallest absolute Gasteiger partial charge is 0.222 e. The summed E-state index contributed by atoms with van der Waals surface area (Å²) < 4.78 is 19.3. The van der Waals surface area contributed by atoms with Crippen molar-refractivity contribution in [2.45, 2.75) is 44.7 Å². The average Bonchev–Trinajstić information content (AvgIpc) is 3.06. The molecule has 0 saturated carbocycles. The van der Waals surface area contributed by atoms with Gasteiger partial charge >= 0.3 is 0 Å². The molecule has 4 rings (SSSR count). The fraction of sp³-hybridized carbons (Fsp3) is 0.480. The van der Waals surface area contributed by atoms with Crippen LogP contribution in [0.1, 0.15) is 37.7 Å². The number of ether oxygens (including phenoxy) is 1. The first-order valence-electron chi connectivity index (χ1n) is 11.4. The number of rotatable bonds is 7. The largest absolute Gasteiger partial charge is 0.489 e. The van der Waals surface area contributed by atoms with E-state index in [-0.39, 0.29) is 17.8 Å². The number of halogens is 1. The summed E-state index contributed by atoms with van der Waals surface area (Å²) in [4.78, 5) is 17.4. The minimum atomic E-state index is -0.244. The summed E-state index contributed by atoms with van der Waals surface area (Å²) in [6.07, 6.45) is 5.51. The van der Waals surface area contributed by atoms with Crippen molar-refractivity contribution in [3.63, 3.8) is 0 Å². The maximum Gasteiger partial charge on any atom is 0.222 e. The van der Waals surface area contributed by atoms with Gasteiger partial charge in [0.2, 0.25) is 5.91 Å². The monoisotopic (exact) mass is 425 g/mol.